The summed E-state index contributed by atoms with van der Waals surface area (Å²) in [6, 6.07) is 9.53. The molecular formula is C14H9BrN4O2. The fraction of sp³-hybridized carbons (Fsp3) is 0. The van der Waals surface area contributed by atoms with Gasteiger partial charge in [-0.05, 0) is 28.1 Å². The van der Waals surface area contributed by atoms with Crippen LogP contribution in [0.2, 0.25) is 0 Å². The van der Waals surface area contributed by atoms with Crippen molar-refractivity contribution in [3.8, 4) is 11.5 Å². The van der Waals surface area contributed by atoms with E-state index in [9.17, 15) is 4.79 Å². The monoisotopic (exact) mass is 344 g/mol. The molecule has 7 heteroatoms. The summed E-state index contributed by atoms with van der Waals surface area (Å²) in [6.07, 6.45) is 1.18. The number of anilines is 1. The Morgan fingerprint density at radius 3 is 2.71 bits per heavy atom. The number of benzene rings is 1. The van der Waals surface area contributed by atoms with Gasteiger partial charge in [0.05, 0.1) is 5.52 Å². The molecule has 0 unspecified atom stereocenters. The van der Waals surface area contributed by atoms with Crippen molar-refractivity contribution < 1.29 is 9.90 Å². The summed E-state index contributed by atoms with van der Waals surface area (Å²) in [4.78, 5) is 23.5. The number of nitrogens with zero attached hydrogens (tertiary/aromatic N) is 3. The second-order valence-electron chi connectivity index (χ2n) is 4.31. The maximum atomic E-state index is 10.9. The summed E-state index contributed by atoms with van der Waals surface area (Å²) in [6.45, 7) is 0. The Kier molecular flexibility index (Phi) is 3.26. The maximum Gasteiger partial charge on any atom is 0.341 e. The van der Waals surface area contributed by atoms with Crippen LogP contribution in [0.1, 0.15) is 10.4 Å². The van der Waals surface area contributed by atoms with E-state index in [2.05, 4.69) is 30.9 Å². The van der Waals surface area contributed by atoms with Crippen molar-refractivity contribution in [2.75, 3.05) is 5.73 Å². The quantitative estimate of drug-likeness (QED) is 0.740. The number of rotatable bonds is 2. The van der Waals surface area contributed by atoms with Gasteiger partial charge in [-0.25, -0.2) is 19.7 Å². The third-order valence-corrected chi connectivity index (χ3v) is 3.54. The number of aromatic carboxylic acids is 1. The number of para-hydroxylation sites is 1. The lowest BCUT2D eigenvalue weighted by Crippen LogP contribution is -2.07. The number of fused-ring (bicyclic) bond motifs is 1. The van der Waals surface area contributed by atoms with E-state index in [0.717, 1.165) is 10.9 Å². The van der Waals surface area contributed by atoms with Gasteiger partial charge in [-0.2, -0.15) is 0 Å². The van der Waals surface area contributed by atoms with Gasteiger partial charge < -0.3 is 10.8 Å². The highest BCUT2D eigenvalue weighted by molar-refractivity contribution is 9.10. The topological polar surface area (TPSA) is 102 Å². The molecule has 104 valence electrons. The van der Waals surface area contributed by atoms with Gasteiger partial charge in [0.2, 0.25) is 0 Å². The van der Waals surface area contributed by atoms with E-state index in [-0.39, 0.29) is 17.2 Å². The molecular weight excluding hydrogens is 336 g/mol. The average Bonchev–Trinajstić information content (AvgIpc) is 2.46. The van der Waals surface area contributed by atoms with Crippen LogP contribution in [-0.2, 0) is 0 Å². The zero-order valence-electron chi connectivity index (χ0n) is 10.6. The molecule has 3 rings (SSSR count). The normalized spacial score (nSPS) is 10.7. The molecule has 0 aliphatic rings. The molecule has 0 aliphatic heterocycles. The predicted octanol–water partition coefficient (Wildman–Crippen LogP) is 2.73. The smallest absolute Gasteiger partial charge is 0.341 e. The number of carboxylic acids is 1. The Hall–Kier alpha value is -2.54. The Morgan fingerprint density at radius 1 is 1.24 bits per heavy atom. The lowest BCUT2D eigenvalue weighted by Gasteiger charge is -2.06. The van der Waals surface area contributed by atoms with Crippen molar-refractivity contribution in [1.82, 2.24) is 15.0 Å². The zero-order chi connectivity index (χ0) is 15.0. The van der Waals surface area contributed by atoms with Gasteiger partial charge in [0.15, 0.2) is 5.82 Å². The molecule has 2 heterocycles. The molecule has 0 fully saturated rings. The molecule has 1 aromatic carbocycles. The average molecular weight is 345 g/mol. The molecule has 21 heavy (non-hydrogen) atoms. The summed E-state index contributed by atoms with van der Waals surface area (Å²) in [5, 5.41) is 9.91. The maximum absolute atomic E-state index is 10.9. The highest BCUT2D eigenvalue weighted by atomic mass is 79.9. The highest BCUT2D eigenvalue weighted by Gasteiger charge is 2.15. The summed E-state index contributed by atoms with van der Waals surface area (Å²) in [7, 11) is 0. The van der Waals surface area contributed by atoms with Gasteiger partial charge in [-0.1, -0.05) is 18.2 Å². The number of aromatic nitrogens is 3. The number of carboxylic acid groups (broad SMARTS) is 1. The van der Waals surface area contributed by atoms with E-state index in [1.807, 2.05) is 30.3 Å². The number of halogens is 1. The first kappa shape index (κ1) is 13.4. The first-order chi connectivity index (χ1) is 10.1. The van der Waals surface area contributed by atoms with Crippen molar-refractivity contribution in [1.29, 1.82) is 0 Å². The summed E-state index contributed by atoms with van der Waals surface area (Å²) >= 11 is 3.43. The molecule has 0 bridgehead atoms. The lowest BCUT2D eigenvalue weighted by molar-refractivity contribution is 0.0697. The van der Waals surface area contributed by atoms with Crippen LogP contribution in [0.15, 0.2) is 41.0 Å². The van der Waals surface area contributed by atoms with E-state index < -0.39 is 5.97 Å². The van der Waals surface area contributed by atoms with Crippen LogP contribution in [0, 0.1) is 0 Å². The molecule has 3 N–H and O–H groups in total. The molecule has 3 aromatic rings. The third kappa shape index (κ3) is 2.43. The van der Waals surface area contributed by atoms with Gasteiger partial charge in [-0.3, -0.25) is 0 Å². The minimum absolute atomic E-state index is 0.0886. The van der Waals surface area contributed by atoms with E-state index in [1.165, 1.54) is 6.20 Å². The fourth-order valence-corrected chi connectivity index (χ4v) is 2.43. The zero-order valence-corrected chi connectivity index (χ0v) is 12.2. The van der Waals surface area contributed by atoms with Crippen LogP contribution in [0.3, 0.4) is 0 Å². The lowest BCUT2D eigenvalue weighted by atomic mass is 10.2. The van der Waals surface area contributed by atoms with Crippen molar-refractivity contribution in [2.24, 2.45) is 0 Å². The summed E-state index contributed by atoms with van der Waals surface area (Å²) in [5.41, 5.74) is 6.82. The van der Waals surface area contributed by atoms with Crippen molar-refractivity contribution in [2.45, 2.75) is 0 Å². The number of nitrogen functional groups attached to an aromatic ring is 1. The summed E-state index contributed by atoms with van der Waals surface area (Å²) in [5.74, 6) is -0.978. The standard InChI is InChI=1S/C14H9BrN4O2/c15-9-5-7-3-1-2-4-10(7)18-11(9)13-17-6-8(14(20)21)12(16)19-13/h1-6H,(H,20,21)(H2,16,17,19). The Labute approximate surface area is 127 Å². The van der Waals surface area contributed by atoms with Crippen molar-refractivity contribution in [3.63, 3.8) is 0 Å². The van der Waals surface area contributed by atoms with Crippen LogP contribution in [0.5, 0.6) is 0 Å². The molecule has 0 amide bonds. The second-order valence-corrected chi connectivity index (χ2v) is 5.16. The largest absolute Gasteiger partial charge is 0.477 e. The van der Waals surface area contributed by atoms with Crippen LogP contribution < -0.4 is 5.73 Å². The van der Waals surface area contributed by atoms with E-state index in [4.69, 9.17) is 10.8 Å². The van der Waals surface area contributed by atoms with Crippen LogP contribution in [-0.4, -0.2) is 26.0 Å². The fourth-order valence-electron chi connectivity index (χ4n) is 1.92. The van der Waals surface area contributed by atoms with Gasteiger partial charge >= 0.3 is 5.97 Å². The Bertz CT molecular complexity index is 867. The molecule has 0 saturated carbocycles. The van der Waals surface area contributed by atoms with E-state index in [1.54, 1.807) is 0 Å². The minimum atomic E-state index is -1.16. The Morgan fingerprint density at radius 2 is 2.00 bits per heavy atom. The highest BCUT2D eigenvalue weighted by Crippen LogP contribution is 2.28. The summed E-state index contributed by atoms with van der Waals surface area (Å²) < 4.78 is 0.712. The molecule has 0 spiro atoms. The van der Waals surface area contributed by atoms with E-state index in [0.29, 0.717) is 10.2 Å². The predicted molar refractivity (Wildman–Crippen MR) is 81.8 cm³/mol. The van der Waals surface area contributed by atoms with Gasteiger partial charge in [-0.15, -0.1) is 0 Å². The van der Waals surface area contributed by atoms with Crippen molar-refractivity contribution in [3.05, 3.63) is 46.6 Å². The first-order valence-electron chi connectivity index (χ1n) is 5.97. The van der Waals surface area contributed by atoms with Crippen LogP contribution >= 0.6 is 15.9 Å². The molecule has 0 atom stereocenters. The second kappa shape index (κ2) is 5.10. The van der Waals surface area contributed by atoms with Gasteiger partial charge in [0.1, 0.15) is 17.1 Å². The number of hydrogen-bond acceptors (Lipinski definition) is 5. The van der Waals surface area contributed by atoms with Gasteiger partial charge in [0.25, 0.3) is 0 Å². The molecule has 0 radical (unpaired) electrons. The first-order valence-corrected chi connectivity index (χ1v) is 6.77. The number of pyridine rings is 1. The van der Waals surface area contributed by atoms with Crippen LogP contribution in [0.25, 0.3) is 22.4 Å². The molecule has 0 saturated heterocycles. The molecule has 2 aromatic heterocycles. The third-order valence-electron chi connectivity index (χ3n) is 2.94. The number of hydrogen-bond donors (Lipinski definition) is 2. The molecule has 0 aliphatic carbocycles. The van der Waals surface area contributed by atoms with Crippen LogP contribution in [0.4, 0.5) is 5.82 Å². The number of nitrogens with two attached hydrogens (primary N) is 1. The van der Waals surface area contributed by atoms with Gasteiger partial charge in [0, 0.05) is 16.1 Å². The van der Waals surface area contributed by atoms with E-state index >= 15 is 0 Å². The Balaban J connectivity index is 2.18. The van der Waals surface area contributed by atoms with Crippen molar-refractivity contribution >= 4 is 38.6 Å². The SMILES string of the molecule is Nc1nc(-c2nc3ccccc3cc2Br)ncc1C(=O)O. The minimum Gasteiger partial charge on any atom is -0.477 e. The molecule has 6 nitrogen and oxygen atoms in total. The number of carbonyl (C=O) groups is 1.